The molecule has 1 aromatic rings. The van der Waals surface area contributed by atoms with Crippen molar-refractivity contribution < 1.29 is 19.5 Å². The number of halogens is 1. The van der Waals surface area contributed by atoms with Crippen LogP contribution < -0.4 is 10.6 Å². The topological polar surface area (TPSA) is 95.5 Å². The summed E-state index contributed by atoms with van der Waals surface area (Å²) in [6.07, 6.45) is 1.38. The fraction of sp³-hybridized carbons (Fsp3) is 0.438. The molecule has 0 bridgehead atoms. The van der Waals surface area contributed by atoms with Gasteiger partial charge < -0.3 is 15.7 Å². The van der Waals surface area contributed by atoms with Crippen molar-refractivity contribution in [1.82, 2.24) is 10.6 Å². The SMILES string of the molecule is CCCC(CNC(=O)CCNC(=O)c1ccc(Br)cc1)C(=O)O. The lowest BCUT2D eigenvalue weighted by atomic mass is 10.0. The Kier molecular flexibility index (Phi) is 8.32. The summed E-state index contributed by atoms with van der Waals surface area (Å²) < 4.78 is 0.883. The van der Waals surface area contributed by atoms with Crippen molar-refractivity contribution in [2.24, 2.45) is 5.92 Å². The van der Waals surface area contributed by atoms with Gasteiger partial charge in [0.15, 0.2) is 0 Å². The van der Waals surface area contributed by atoms with Crippen LogP contribution in [-0.4, -0.2) is 36.0 Å². The first kappa shape index (κ1) is 19.2. The quantitative estimate of drug-likeness (QED) is 0.607. The maximum Gasteiger partial charge on any atom is 0.308 e. The van der Waals surface area contributed by atoms with Crippen LogP contribution in [0.4, 0.5) is 0 Å². The second-order valence-electron chi connectivity index (χ2n) is 5.14. The average Bonchev–Trinajstić information content (AvgIpc) is 2.51. The average molecular weight is 385 g/mol. The second-order valence-corrected chi connectivity index (χ2v) is 6.06. The largest absolute Gasteiger partial charge is 0.481 e. The Morgan fingerprint density at radius 1 is 1.17 bits per heavy atom. The van der Waals surface area contributed by atoms with E-state index in [1.165, 1.54) is 0 Å². The van der Waals surface area contributed by atoms with Crippen molar-refractivity contribution in [3.63, 3.8) is 0 Å². The molecule has 0 aliphatic carbocycles. The van der Waals surface area contributed by atoms with Crippen LogP contribution in [0.5, 0.6) is 0 Å². The van der Waals surface area contributed by atoms with Crippen LogP contribution in [0.25, 0.3) is 0 Å². The Balaban J connectivity index is 2.29. The molecule has 1 unspecified atom stereocenters. The highest BCUT2D eigenvalue weighted by Gasteiger charge is 2.17. The van der Waals surface area contributed by atoms with Gasteiger partial charge in [0.25, 0.3) is 5.91 Å². The van der Waals surface area contributed by atoms with Crippen LogP contribution >= 0.6 is 15.9 Å². The van der Waals surface area contributed by atoms with Crippen molar-refractivity contribution >= 4 is 33.7 Å². The van der Waals surface area contributed by atoms with Crippen LogP contribution in [-0.2, 0) is 9.59 Å². The monoisotopic (exact) mass is 384 g/mol. The summed E-state index contributed by atoms with van der Waals surface area (Å²) in [5.41, 5.74) is 0.516. The third-order valence-electron chi connectivity index (χ3n) is 3.28. The van der Waals surface area contributed by atoms with E-state index in [1.54, 1.807) is 24.3 Å². The second kappa shape index (κ2) is 9.99. The van der Waals surface area contributed by atoms with Crippen LogP contribution in [0.2, 0.25) is 0 Å². The summed E-state index contributed by atoms with van der Waals surface area (Å²) in [7, 11) is 0. The van der Waals surface area contributed by atoms with Gasteiger partial charge in [-0.3, -0.25) is 14.4 Å². The predicted molar refractivity (Wildman–Crippen MR) is 90.1 cm³/mol. The number of aliphatic carboxylic acids is 1. The minimum atomic E-state index is -0.907. The highest BCUT2D eigenvalue weighted by molar-refractivity contribution is 9.10. The summed E-state index contributed by atoms with van der Waals surface area (Å²) in [5.74, 6) is -2.00. The van der Waals surface area contributed by atoms with Crippen molar-refractivity contribution in [3.8, 4) is 0 Å². The number of carboxylic acids is 1. The molecular weight excluding hydrogens is 364 g/mol. The first-order chi connectivity index (χ1) is 10.9. The first-order valence-corrected chi connectivity index (χ1v) is 8.26. The minimum absolute atomic E-state index is 0.112. The Labute approximate surface area is 143 Å². The fourth-order valence-electron chi connectivity index (χ4n) is 1.98. The third-order valence-corrected chi connectivity index (χ3v) is 3.80. The van der Waals surface area contributed by atoms with E-state index in [1.807, 2.05) is 6.92 Å². The molecule has 126 valence electrons. The molecule has 0 spiro atoms. The summed E-state index contributed by atoms with van der Waals surface area (Å²) in [6, 6.07) is 6.90. The molecule has 0 aliphatic heterocycles. The summed E-state index contributed by atoms with van der Waals surface area (Å²) in [5, 5.41) is 14.2. The summed E-state index contributed by atoms with van der Waals surface area (Å²) >= 11 is 3.29. The molecule has 0 aromatic heterocycles. The number of hydrogen-bond donors (Lipinski definition) is 3. The fourth-order valence-corrected chi connectivity index (χ4v) is 2.24. The number of carbonyl (C=O) groups is 3. The highest BCUT2D eigenvalue weighted by atomic mass is 79.9. The number of carbonyl (C=O) groups excluding carboxylic acids is 2. The molecule has 1 atom stereocenters. The lowest BCUT2D eigenvalue weighted by Crippen LogP contribution is -2.35. The van der Waals surface area contributed by atoms with Crippen LogP contribution in [0.1, 0.15) is 36.5 Å². The minimum Gasteiger partial charge on any atom is -0.481 e. The molecule has 0 fully saturated rings. The maximum absolute atomic E-state index is 11.8. The highest BCUT2D eigenvalue weighted by Crippen LogP contribution is 2.10. The molecular formula is C16H21BrN2O4. The molecule has 2 amide bonds. The van der Waals surface area contributed by atoms with E-state index in [9.17, 15) is 14.4 Å². The molecule has 0 aliphatic rings. The van der Waals surface area contributed by atoms with Gasteiger partial charge >= 0.3 is 5.97 Å². The number of carboxylic acid groups (broad SMARTS) is 1. The van der Waals surface area contributed by atoms with E-state index in [0.717, 1.165) is 10.9 Å². The molecule has 0 saturated heterocycles. The third kappa shape index (κ3) is 7.27. The van der Waals surface area contributed by atoms with E-state index >= 15 is 0 Å². The molecule has 7 heteroatoms. The molecule has 23 heavy (non-hydrogen) atoms. The normalized spacial score (nSPS) is 11.6. The molecule has 1 aromatic carbocycles. The van der Waals surface area contributed by atoms with Gasteiger partial charge in [0.2, 0.25) is 5.91 Å². The van der Waals surface area contributed by atoms with Gasteiger partial charge in [-0.2, -0.15) is 0 Å². The van der Waals surface area contributed by atoms with Crippen LogP contribution in [0.3, 0.4) is 0 Å². The van der Waals surface area contributed by atoms with Crippen LogP contribution in [0.15, 0.2) is 28.7 Å². The standard InChI is InChI=1S/C16H21BrN2O4/c1-2-3-12(16(22)23)10-19-14(20)8-9-18-15(21)11-4-6-13(17)7-5-11/h4-7,12H,2-3,8-10H2,1H3,(H,18,21)(H,19,20)(H,22,23). The lowest BCUT2D eigenvalue weighted by molar-refractivity contribution is -0.141. The Morgan fingerprint density at radius 3 is 2.39 bits per heavy atom. The number of nitrogens with one attached hydrogen (secondary N) is 2. The Bertz CT molecular complexity index is 546. The van der Waals surface area contributed by atoms with Gasteiger partial charge in [0.1, 0.15) is 0 Å². The van der Waals surface area contributed by atoms with Crippen LogP contribution in [0, 0.1) is 5.92 Å². The van der Waals surface area contributed by atoms with Gasteiger partial charge in [-0.25, -0.2) is 0 Å². The van der Waals surface area contributed by atoms with Gasteiger partial charge in [-0.05, 0) is 30.7 Å². The van der Waals surface area contributed by atoms with Crippen molar-refractivity contribution in [1.29, 1.82) is 0 Å². The van der Waals surface area contributed by atoms with E-state index < -0.39 is 11.9 Å². The van der Waals surface area contributed by atoms with Gasteiger partial charge in [0, 0.05) is 29.5 Å². The summed E-state index contributed by atoms with van der Waals surface area (Å²) in [6.45, 7) is 2.21. The van der Waals surface area contributed by atoms with Gasteiger partial charge in [0.05, 0.1) is 5.92 Å². The number of hydrogen-bond acceptors (Lipinski definition) is 3. The van der Waals surface area contributed by atoms with Gasteiger partial charge in [-0.15, -0.1) is 0 Å². The maximum atomic E-state index is 11.8. The molecule has 0 heterocycles. The molecule has 6 nitrogen and oxygen atoms in total. The van der Waals surface area contributed by atoms with Crippen molar-refractivity contribution in [2.45, 2.75) is 26.2 Å². The Morgan fingerprint density at radius 2 is 1.83 bits per heavy atom. The van der Waals surface area contributed by atoms with Crippen molar-refractivity contribution in [3.05, 3.63) is 34.3 Å². The van der Waals surface area contributed by atoms with E-state index in [4.69, 9.17) is 5.11 Å². The van der Waals surface area contributed by atoms with Crippen molar-refractivity contribution in [2.75, 3.05) is 13.1 Å². The van der Waals surface area contributed by atoms with E-state index in [2.05, 4.69) is 26.6 Å². The zero-order valence-corrected chi connectivity index (χ0v) is 14.6. The van der Waals surface area contributed by atoms with E-state index in [0.29, 0.717) is 12.0 Å². The number of amides is 2. The number of benzene rings is 1. The predicted octanol–water partition coefficient (Wildman–Crippen LogP) is 2.19. The molecule has 1 rings (SSSR count). The first-order valence-electron chi connectivity index (χ1n) is 7.47. The van der Waals surface area contributed by atoms with Gasteiger partial charge in [-0.1, -0.05) is 29.3 Å². The zero-order valence-electron chi connectivity index (χ0n) is 13.0. The smallest absolute Gasteiger partial charge is 0.308 e. The zero-order chi connectivity index (χ0) is 17.2. The molecule has 0 saturated carbocycles. The Hall–Kier alpha value is -1.89. The molecule has 3 N–H and O–H groups in total. The molecule has 0 radical (unpaired) electrons. The number of rotatable bonds is 9. The lowest BCUT2D eigenvalue weighted by Gasteiger charge is -2.12. The van der Waals surface area contributed by atoms with E-state index in [-0.39, 0.29) is 31.3 Å². The summed E-state index contributed by atoms with van der Waals surface area (Å²) in [4.78, 5) is 34.5.